The summed E-state index contributed by atoms with van der Waals surface area (Å²) in [6, 6.07) is -0.446. The number of nitrogens with one attached hydrogen (secondary N) is 2. The SMILES string of the molecule is Cc1n[nH]c(C)c1-c1ncc(NC(=O)[C@@H](N)C(C2CC2)C2CC2)cn1. The standard InChI is InChI=1S/C18H24N6O/c1-9-14(10(2)24-23-9)17-20-7-13(8-21-17)22-18(25)16(19)15(11-3-4-11)12-5-6-12/h7-8,11-12,15-16H,3-6,19H2,1-2H3,(H,22,25)(H,23,24)/t16-/m0/s1. The molecule has 0 unspecified atom stereocenters. The zero-order chi connectivity index (χ0) is 17.6. The molecule has 2 aliphatic carbocycles. The highest BCUT2D eigenvalue weighted by Crippen LogP contribution is 2.50. The van der Waals surface area contributed by atoms with Crippen LogP contribution in [0.15, 0.2) is 12.4 Å². The smallest absolute Gasteiger partial charge is 0.241 e. The molecule has 4 N–H and O–H groups in total. The molecule has 0 bridgehead atoms. The summed E-state index contributed by atoms with van der Waals surface area (Å²) in [7, 11) is 0. The van der Waals surface area contributed by atoms with Gasteiger partial charge in [-0.15, -0.1) is 0 Å². The Kier molecular flexibility index (Phi) is 4.03. The highest BCUT2D eigenvalue weighted by atomic mass is 16.2. The molecule has 2 heterocycles. The fourth-order valence-electron chi connectivity index (χ4n) is 3.74. The van der Waals surface area contributed by atoms with Crippen molar-refractivity contribution in [2.75, 3.05) is 5.32 Å². The lowest BCUT2D eigenvalue weighted by molar-refractivity contribution is -0.118. The molecule has 0 aliphatic heterocycles. The summed E-state index contributed by atoms with van der Waals surface area (Å²) in [5.74, 6) is 2.07. The average Bonchev–Trinajstić information content (AvgIpc) is 3.51. The van der Waals surface area contributed by atoms with Crippen molar-refractivity contribution >= 4 is 11.6 Å². The van der Waals surface area contributed by atoms with Gasteiger partial charge in [-0.25, -0.2) is 9.97 Å². The molecule has 0 spiro atoms. The van der Waals surface area contributed by atoms with E-state index in [1.54, 1.807) is 12.4 Å². The Labute approximate surface area is 146 Å². The number of hydrogen-bond donors (Lipinski definition) is 3. The Balaban J connectivity index is 1.44. The molecule has 2 saturated carbocycles. The van der Waals surface area contributed by atoms with Crippen molar-refractivity contribution in [3.63, 3.8) is 0 Å². The fourth-order valence-corrected chi connectivity index (χ4v) is 3.74. The number of aryl methyl sites for hydroxylation is 2. The number of nitrogens with two attached hydrogens (primary N) is 1. The van der Waals surface area contributed by atoms with Crippen molar-refractivity contribution in [1.29, 1.82) is 0 Å². The third kappa shape index (κ3) is 3.28. The monoisotopic (exact) mass is 340 g/mol. The molecule has 25 heavy (non-hydrogen) atoms. The molecule has 2 fully saturated rings. The number of anilines is 1. The van der Waals surface area contributed by atoms with Crippen molar-refractivity contribution in [3.8, 4) is 11.4 Å². The number of carbonyl (C=O) groups excluding carboxylic acids is 1. The summed E-state index contributed by atoms with van der Waals surface area (Å²) in [5, 5.41) is 9.96. The molecule has 0 aromatic carbocycles. The summed E-state index contributed by atoms with van der Waals surface area (Å²) in [6.45, 7) is 3.84. The molecule has 2 aliphatic rings. The number of H-pyrrole nitrogens is 1. The highest BCUT2D eigenvalue weighted by Gasteiger charge is 2.46. The van der Waals surface area contributed by atoms with E-state index in [1.807, 2.05) is 13.8 Å². The van der Waals surface area contributed by atoms with E-state index in [-0.39, 0.29) is 5.91 Å². The summed E-state index contributed by atoms with van der Waals surface area (Å²) in [5.41, 5.74) is 9.53. The van der Waals surface area contributed by atoms with Gasteiger partial charge in [0.15, 0.2) is 5.82 Å². The molecule has 1 amide bonds. The summed E-state index contributed by atoms with van der Waals surface area (Å²) in [6.07, 6.45) is 8.10. The second kappa shape index (κ2) is 6.22. The maximum Gasteiger partial charge on any atom is 0.241 e. The van der Waals surface area contributed by atoms with E-state index in [1.165, 1.54) is 25.7 Å². The van der Waals surface area contributed by atoms with Gasteiger partial charge in [-0.1, -0.05) is 0 Å². The van der Waals surface area contributed by atoms with Crippen LogP contribution in [0.4, 0.5) is 5.69 Å². The first-order chi connectivity index (χ1) is 12.0. The van der Waals surface area contributed by atoms with Crippen molar-refractivity contribution in [2.24, 2.45) is 23.5 Å². The summed E-state index contributed by atoms with van der Waals surface area (Å²) >= 11 is 0. The molecule has 4 rings (SSSR count). The number of carbonyl (C=O) groups is 1. The Morgan fingerprint density at radius 2 is 1.80 bits per heavy atom. The van der Waals surface area contributed by atoms with Gasteiger partial charge in [0.2, 0.25) is 5.91 Å². The average molecular weight is 340 g/mol. The van der Waals surface area contributed by atoms with Crippen molar-refractivity contribution in [3.05, 3.63) is 23.8 Å². The van der Waals surface area contributed by atoms with Gasteiger partial charge in [0.25, 0.3) is 0 Å². The van der Waals surface area contributed by atoms with Gasteiger partial charge in [-0.05, 0) is 57.3 Å². The molecular weight excluding hydrogens is 316 g/mol. The van der Waals surface area contributed by atoms with Gasteiger partial charge in [-0.2, -0.15) is 5.10 Å². The van der Waals surface area contributed by atoms with Gasteiger partial charge in [0.05, 0.1) is 35.4 Å². The molecule has 7 heteroatoms. The van der Waals surface area contributed by atoms with Gasteiger partial charge >= 0.3 is 0 Å². The van der Waals surface area contributed by atoms with Gasteiger partial charge in [0.1, 0.15) is 0 Å². The lowest BCUT2D eigenvalue weighted by atomic mass is 9.89. The van der Waals surface area contributed by atoms with Gasteiger partial charge < -0.3 is 11.1 Å². The van der Waals surface area contributed by atoms with Gasteiger partial charge in [0, 0.05) is 5.69 Å². The molecule has 132 valence electrons. The number of amides is 1. The largest absolute Gasteiger partial charge is 0.322 e. The first-order valence-corrected chi connectivity index (χ1v) is 8.95. The van der Waals surface area contributed by atoms with Crippen LogP contribution in [0.3, 0.4) is 0 Å². The second-order valence-corrected chi connectivity index (χ2v) is 7.37. The van der Waals surface area contributed by atoms with Gasteiger partial charge in [-0.3, -0.25) is 9.89 Å². The van der Waals surface area contributed by atoms with Crippen LogP contribution in [0.25, 0.3) is 11.4 Å². The Morgan fingerprint density at radius 3 is 2.28 bits per heavy atom. The Morgan fingerprint density at radius 1 is 1.20 bits per heavy atom. The molecule has 2 aromatic rings. The molecule has 2 aromatic heterocycles. The van der Waals surface area contributed by atoms with E-state index in [0.717, 1.165) is 17.0 Å². The summed E-state index contributed by atoms with van der Waals surface area (Å²) < 4.78 is 0. The van der Waals surface area contributed by atoms with Crippen LogP contribution in [0.5, 0.6) is 0 Å². The normalized spacial score (nSPS) is 18.4. The zero-order valence-corrected chi connectivity index (χ0v) is 14.6. The maximum atomic E-state index is 12.5. The lowest BCUT2D eigenvalue weighted by Gasteiger charge is -2.22. The number of nitrogens with zero attached hydrogens (tertiary/aromatic N) is 3. The van der Waals surface area contributed by atoms with Crippen molar-refractivity contribution < 1.29 is 4.79 Å². The van der Waals surface area contributed by atoms with E-state index in [4.69, 9.17) is 5.73 Å². The first-order valence-electron chi connectivity index (χ1n) is 8.95. The lowest BCUT2D eigenvalue weighted by Crippen LogP contribution is -2.43. The predicted octanol–water partition coefficient (Wildman–Crippen LogP) is 2.19. The van der Waals surface area contributed by atoms with Crippen LogP contribution >= 0.6 is 0 Å². The van der Waals surface area contributed by atoms with E-state index in [9.17, 15) is 4.79 Å². The van der Waals surface area contributed by atoms with Crippen LogP contribution in [0.2, 0.25) is 0 Å². The van der Waals surface area contributed by atoms with Crippen molar-refractivity contribution in [1.82, 2.24) is 20.2 Å². The predicted molar refractivity (Wildman–Crippen MR) is 94.6 cm³/mol. The van der Waals surface area contributed by atoms with E-state index in [2.05, 4.69) is 25.5 Å². The molecule has 0 saturated heterocycles. The number of aromatic nitrogens is 4. The van der Waals surface area contributed by atoms with Crippen LogP contribution in [0, 0.1) is 31.6 Å². The molecule has 1 atom stereocenters. The van der Waals surface area contributed by atoms with Crippen LogP contribution in [-0.2, 0) is 4.79 Å². The van der Waals surface area contributed by atoms with E-state index in [0.29, 0.717) is 29.3 Å². The molecular formula is C18H24N6O. The van der Waals surface area contributed by atoms with Crippen LogP contribution in [0.1, 0.15) is 37.1 Å². The highest BCUT2D eigenvalue weighted by molar-refractivity contribution is 5.94. The number of hydrogen-bond acceptors (Lipinski definition) is 5. The number of aromatic amines is 1. The van der Waals surface area contributed by atoms with E-state index < -0.39 is 6.04 Å². The Bertz CT molecular complexity index is 744. The molecule has 7 nitrogen and oxygen atoms in total. The summed E-state index contributed by atoms with van der Waals surface area (Å²) in [4.78, 5) is 21.3. The fraction of sp³-hybridized carbons (Fsp3) is 0.556. The topological polar surface area (TPSA) is 110 Å². The first kappa shape index (κ1) is 16.2. The second-order valence-electron chi connectivity index (χ2n) is 7.37. The van der Waals surface area contributed by atoms with E-state index >= 15 is 0 Å². The quantitative estimate of drug-likeness (QED) is 0.746. The third-order valence-corrected chi connectivity index (χ3v) is 5.32. The third-order valence-electron chi connectivity index (χ3n) is 5.32. The minimum absolute atomic E-state index is 0.129. The zero-order valence-electron chi connectivity index (χ0n) is 14.6. The van der Waals surface area contributed by atoms with Crippen LogP contribution in [-0.4, -0.2) is 32.1 Å². The minimum Gasteiger partial charge on any atom is -0.322 e. The van der Waals surface area contributed by atoms with Crippen molar-refractivity contribution in [2.45, 2.75) is 45.6 Å². The minimum atomic E-state index is -0.446. The molecule has 0 radical (unpaired) electrons. The number of rotatable bonds is 6. The maximum absolute atomic E-state index is 12.5. The Hall–Kier alpha value is -2.28. The van der Waals surface area contributed by atoms with Crippen LogP contribution < -0.4 is 11.1 Å².